The molecular weight excluding hydrogens is 670 g/mol. The third-order valence-electron chi connectivity index (χ3n) is 11.8. The van der Waals surface area contributed by atoms with Crippen LogP contribution in [0.15, 0.2) is 42.5 Å². The first-order chi connectivity index (χ1) is 23.9. The number of nitrogens with one attached hydrogen (secondary N) is 1. The standard InChI is InChI=1S/C40H60ClN3O5S/c1-8-10-30-21-33(41)15-18-36(30)32-23-44(7)22-31-14-19-37(31)40(4,39-48-25-34(26-49-39)43(5)6)20-9-11-27(2)28(3)50(46)42-38(45)29-12-16-35(17-13-29)47-24-32/h12-13,15-18,21,27-28,31-32,34,37,39H,8-11,14,19-20,22-26H2,1-7H3,(H,42,45)/t27?,28?,31?,32?,34?,37?,39?,40-,50?/m0/s1. The molecule has 3 aliphatic heterocycles. The van der Waals surface area contributed by atoms with Crippen molar-refractivity contribution in [1.29, 1.82) is 0 Å². The second-order valence-corrected chi connectivity index (χ2v) is 17.7. The van der Waals surface area contributed by atoms with Crippen molar-refractivity contribution in [2.75, 3.05) is 54.1 Å². The van der Waals surface area contributed by atoms with Crippen LogP contribution in [0, 0.1) is 23.2 Å². The molecule has 50 heavy (non-hydrogen) atoms. The lowest BCUT2D eigenvalue weighted by Gasteiger charge is -2.54. The Kier molecular flexibility index (Phi) is 13.9. The highest BCUT2D eigenvalue weighted by molar-refractivity contribution is 7.84. The number of carbonyl (C=O) groups excluding carboxylic acids is 1. The molecule has 8 nitrogen and oxygen atoms in total. The number of ether oxygens (including phenoxy) is 3. The molecule has 278 valence electrons. The Morgan fingerprint density at radius 3 is 2.38 bits per heavy atom. The zero-order valence-electron chi connectivity index (χ0n) is 31.3. The molecule has 1 N–H and O–H groups in total. The van der Waals surface area contributed by atoms with Gasteiger partial charge in [0, 0.05) is 35.0 Å². The topological polar surface area (TPSA) is 80.3 Å². The van der Waals surface area contributed by atoms with E-state index < -0.39 is 11.0 Å². The molecule has 1 amide bonds. The summed E-state index contributed by atoms with van der Waals surface area (Å²) in [6.07, 6.45) is 6.96. The number of hydrogen-bond acceptors (Lipinski definition) is 7. The van der Waals surface area contributed by atoms with Crippen LogP contribution in [0.3, 0.4) is 0 Å². The number of halogens is 1. The number of carbonyl (C=O) groups is 1. The number of fused-ring (bicyclic) bond motifs is 15. The average molecular weight is 730 g/mol. The first-order valence-electron chi connectivity index (χ1n) is 18.7. The molecule has 3 heterocycles. The predicted molar refractivity (Wildman–Crippen MR) is 203 cm³/mol. The summed E-state index contributed by atoms with van der Waals surface area (Å²) in [4.78, 5) is 17.8. The summed E-state index contributed by atoms with van der Waals surface area (Å²) in [5.41, 5.74) is 2.86. The van der Waals surface area contributed by atoms with Gasteiger partial charge in [0.05, 0.1) is 31.1 Å². The molecule has 0 spiro atoms. The minimum Gasteiger partial charge on any atom is -0.493 e. The van der Waals surface area contributed by atoms with Gasteiger partial charge in [-0.1, -0.05) is 51.3 Å². The molecule has 1 aliphatic carbocycles. The second kappa shape index (κ2) is 17.7. The summed E-state index contributed by atoms with van der Waals surface area (Å²) in [7, 11) is 4.90. The molecule has 2 aromatic carbocycles. The lowest BCUT2D eigenvalue weighted by molar-refractivity contribution is -0.273. The minimum absolute atomic E-state index is 0.124. The molecule has 2 fully saturated rings. The molecule has 0 radical (unpaired) electrons. The Bertz CT molecular complexity index is 1430. The Hall–Kier alpha value is -2.01. The molecule has 6 unspecified atom stereocenters. The summed E-state index contributed by atoms with van der Waals surface area (Å²) < 4.78 is 35.6. The van der Waals surface area contributed by atoms with Gasteiger partial charge in [0.15, 0.2) is 6.29 Å². The fraction of sp³-hybridized carbons (Fsp3) is 0.675. The van der Waals surface area contributed by atoms with Gasteiger partial charge in [0.25, 0.3) is 5.91 Å². The third kappa shape index (κ3) is 9.50. The molecule has 6 rings (SSSR count). The van der Waals surface area contributed by atoms with Crippen LogP contribution in [-0.2, 0) is 26.9 Å². The molecule has 2 aromatic rings. The van der Waals surface area contributed by atoms with Crippen LogP contribution in [0.5, 0.6) is 5.75 Å². The highest BCUT2D eigenvalue weighted by Crippen LogP contribution is 2.53. The maximum atomic E-state index is 13.3. The van der Waals surface area contributed by atoms with Gasteiger partial charge in [-0.25, -0.2) is 4.21 Å². The molecule has 4 aliphatic rings. The van der Waals surface area contributed by atoms with Crippen molar-refractivity contribution in [3.8, 4) is 5.75 Å². The van der Waals surface area contributed by atoms with Crippen LogP contribution >= 0.6 is 11.6 Å². The van der Waals surface area contributed by atoms with Gasteiger partial charge in [-0.15, -0.1) is 0 Å². The molecule has 0 aromatic heterocycles. The van der Waals surface area contributed by atoms with Crippen LogP contribution in [0.4, 0.5) is 0 Å². The van der Waals surface area contributed by atoms with E-state index in [2.05, 4.69) is 68.6 Å². The highest BCUT2D eigenvalue weighted by Gasteiger charge is 2.51. The van der Waals surface area contributed by atoms with Crippen molar-refractivity contribution >= 4 is 28.5 Å². The van der Waals surface area contributed by atoms with E-state index in [0.29, 0.717) is 43.0 Å². The van der Waals surface area contributed by atoms with Crippen molar-refractivity contribution in [3.05, 3.63) is 64.2 Å². The summed E-state index contributed by atoms with van der Waals surface area (Å²) in [5.74, 6) is 1.66. The maximum absolute atomic E-state index is 13.3. The number of amides is 1. The normalized spacial score (nSPS) is 33.8. The summed E-state index contributed by atoms with van der Waals surface area (Å²) in [6, 6.07) is 13.7. The van der Waals surface area contributed by atoms with Crippen LogP contribution in [0.25, 0.3) is 0 Å². The largest absolute Gasteiger partial charge is 0.493 e. The maximum Gasteiger partial charge on any atom is 0.262 e. The summed E-state index contributed by atoms with van der Waals surface area (Å²) >= 11 is 6.49. The second-order valence-electron chi connectivity index (χ2n) is 15.7. The summed E-state index contributed by atoms with van der Waals surface area (Å²) in [5, 5.41) is 0.575. The van der Waals surface area contributed by atoms with E-state index in [-0.39, 0.29) is 40.7 Å². The van der Waals surface area contributed by atoms with E-state index in [4.69, 9.17) is 25.8 Å². The number of aryl methyl sites for hydroxylation is 1. The highest BCUT2D eigenvalue weighted by atomic mass is 35.5. The molecule has 1 saturated heterocycles. The van der Waals surface area contributed by atoms with Gasteiger partial charge >= 0.3 is 0 Å². The smallest absolute Gasteiger partial charge is 0.262 e. The zero-order chi connectivity index (χ0) is 36.0. The Morgan fingerprint density at radius 1 is 1.02 bits per heavy atom. The molecule has 2 bridgehead atoms. The van der Waals surface area contributed by atoms with Gasteiger partial charge in [0.2, 0.25) is 0 Å². The van der Waals surface area contributed by atoms with Crippen molar-refractivity contribution in [1.82, 2.24) is 14.5 Å². The van der Waals surface area contributed by atoms with Gasteiger partial charge < -0.3 is 24.0 Å². The van der Waals surface area contributed by atoms with E-state index in [1.165, 1.54) is 17.5 Å². The van der Waals surface area contributed by atoms with Gasteiger partial charge in [-0.3, -0.25) is 9.52 Å². The molecule has 7 atom stereocenters. The number of hydrogen-bond donors (Lipinski definition) is 1. The summed E-state index contributed by atoms with van der Waals surface area (Å²) in [6.45, 7) is 12.4. The van der Waals surface area contributed by atoms with E-state index in [9.17, 15) is 9.00 Å². The van der Waals surface area contributed by atoms with E-state index in [0.717, 1.165) is 56.6 Å². The predicted octanol–water partition coefficient (Wildman–Crippen LogP) is 7.32. The minimum atomic E-state index is -1.51. The SMILES string of the molecule is CCCc1cc(Cl)ccc1C1COc2ccc(cc2)C(=O)NS(=O)C(C)C(C)CCC[C@](C)(C2OCC(N(C)C)CO2)C2CCC2CN(C)C1. The van der Waals surface area contributed by atoms with E-state index >= 15 is 0 Å². The number of benzene rings is 2. The first kappa shape index (κ1) is 39.2. The van der Waals surface area contributed by atoms with Crippen LogP contribution in [0.2, 0.25) is 5.02 Å². The third-order valence-corrected chi connectivity index (χ3v) is 13.6. The Morgan fingerprint density at radius 2 is 1.74 bits per heavy atom. The average Bonchev–Trinajstić information content (AvgIpc) is 3.08. The van der Waals surface area contributed by atoms with E-state index in [1.54, 1.807) is 12.1 Å². The van der Waals surface area contributed by atoms with Gasteiger partial charge in [0.1, 0.15) is 16.7 Å². The van der Waals surface area contributed by atoms with Gasteiger partial charge in [-0.05, 0) is 125 Å². The zero-order valence-corrected chi connectivity index (χ0v) is 32.9. The monoisotopic (exact) mass is 729 g/mol. The lowest BCUT2D eigenvalue weighted by atomic mass is 9.57. The van der Waals surface area contributed by atoms with Crippen LogP contribution in [0.1, 0.15) is 93.6 Å². The Labute approximate surface area is 308 Å². The fourth-order valence-corrected chi connectivity index (χ4v) is 9.49. The van der Waals surface area contributed by atoms with Crippen LogP contribution in [-0.4, -0.2) is 91.6 Å². The number of rotatable bonds is 5. The quantitative estimate of drug-likeness (QED) is 0.346. The molecular formula is C40H60ClN3O5S. The van der Waals surface area contributed by atoms with Crippen LogP contribution < -0.4 is 9.46 Å². The van der Waals surface area contributed by atoms with E-state index in [1.807, 2.05) is 25.1 Å². The van der Waals surface area contributed by atoms with Crippen molar-refractivity contribution in [3.63, 3.8) is 0 Å². The fourth-order valence-electron chi connectivity index (χ4n) is 8.25. The lowest BCUT2D eigenvalue weighted by Crippen LogP contribution is -2.55. The number of likely N-dealkylation sites (N-methyl/N-ethyl adjacent to an activating group) is 2. The van der Waals surface area contributed by atoms with Crippen molar-refractivity contribution in [2.24, 2.45) is 23.2 Å². The van der Waals surface area contributed by atoms with Crippen molar-refractivity contribution in [2.45, 2.75) is 96.1 Å². The number of nitrogens with zero attached hydrogens (tertiary/aromatic N) is 2. The molecule has 10 heteroatoms. The van der Waals surface area contributed by atoms with Gasteiger partial charge in [-0.2, -0.15) is 0 Å². The first-order valence-corrected chi connectivity index (χ1v) is 20.3. The molecule has 1 saturated carbocycles. The Balaban J connectivity index is 1.43. The van der Waals surface area contributed by atoms with Crippen molar-refractivity contribution < 1.29 is 23.2 Å².